The largest absolute Gasteiger partial charge is 0.494 e. The predicted molar refractivity (Wildman–Crippen MR) is 116 cm³/mol. The van der Waals surface area contributed by atoms with Crippen molar-refractivity contribution in [2.75, 3.05) is 17.2 Å². The first-order valence-electron chi connectivity index (χ1n) is 9.59. The molecule has 0 spiro atoms. The molecule has 3 rings (SSSR count). The molecule has 0 aliphatic rings. The summed E-state index contributed by atoms with van der Waals surface area (Å²) in [6.07, 6.45) is 3.01. The van der Waals surface area contributed by atoms with Crippen molar-refractivity contribution < 1.29 is 9.53 Å². The van der Waals surface area contributed by atoms with Crippen molar-refractivity contribution in [1.82, 2.24) is 9.97 Å². The average molecular weight is 390 g/mol. The molecule has 0 bridgehead atoms. The summed E-state index contributed by atoms with van der Waals surface area (Å²) in [6.45, 7) is 9.06. The molecule has 0 atom stereocenters. The Hall–Kier alpha value is -3.41. The third-order valence-corrected chi connectivity index (χ3v) is 4.34. The monoisotopic (exact) mass is 390 g/mol. The van der Waals surface area contributed by atoms with Gasteiger partial charge in [0.05, 0.1) is 12.2 Å². The van der Waals surface area contributed by atoms with Gasteiger partial charge in [-0.1, -0.05) is 32.9 Å². The van der Waals surface area contributed by atoms with Gasteiger partial charge in [0.2, 0.25) is 5.95 Å². The fraction of sp³-hybridized carbons (Fsp3) is 0.261. The maximum absolute atomic E-state index is 12.4. The quantitative estimate of drug-likeness (QED) is 0.607. The molecular weight excluding hydrogens is 364 g/mol. The second-order valence-electron chi connectivity index (χ2n) is 7.66. The molecule has 2 aromatic carbocycles. The molecule has 29 heavy (non-hydrogen) atoms. The van der Waals surface area contributed by atoms with E-state index in [1.165, 1.54) is 18.0 Å². The number of aromatic nitrogens is 2. The van der Waals surface area contributed by atoms with E-state index in [1.807, 2.05) is 31.2 Å². The third-order valence-electron chi connectivity index (χ3n) is 4.34. The molecule has 1 aromatic heterocycles. The van der Waals surface area contributed by atoms with Gasteiger partial charge < -0.3 is 15.4 Å². The second-order valence-corrected chi connectivity index (χ2v) is 7.66. The highest BCUT2D eigenvalue weighted by atomic mass is 16.5. The number of hydrogen-bond acceptors (Lipinski definition) is 5. The number of carbonyl (C=O) groups is 1. The van der Waals surface area contributed by atoms with Crippen molar-refractivity contribution >= 4 is 23.2 Å². The van der Waals surface area contributed by atoms with Gasteiger partial charge in [-0.2, -0.15) is 0 Å². The number of ether oxygens (including phenoxy) is 1. The number of amides is 1. The zero-order chi connectivity index (χ0) is 20.9. The molecule has 1 heterocycles. The number of benzene rings is 2. The molecule has 0 unspecified atom stereocenters. The predicted octanol–water partition coefficient (Wildman–Crippen LogP) is 5.17. The van der Waals surface area contributed by atoms with E-state index in [0.29, 0.717) is 23.8 Å². The van der Waals surface area contributed by atoms with Crippen molar-refractivity contribution in [3.63, 3.8) is 0 Å². The number of nitrogens with one attached hydrogen (secondary N) is 2. The van der Waals surface area contributed by atoms with Crippen LogP contribution in [0, 0.1) is 0 Å². The van der Waals surface area contributed by atoms with E-state index >= 15 is 0 Å². The molecule has 6 heteroatoms. The molecular formula is C23H26N4O2. The Morgan fingerprint density at radius 1 is 0.931 bits per heavy atom. The fourth-order valence-electron chi connectivity index (χ4n) is 2.70. The highest BCUT2D eigenvalue weighted by Gasteiger charge is 2.13. The molecule has 1 amide bonds. The third kappa shape index (κ3) is 5.54. The number of carbonyl (C=O) groups excluding carboxylic acids is 1. The van der Waals surface area contributed by atoms with Crippen LogP contribution < -0.4 is 15.4 Å². The van der Waals surface area contributed by atoms with Crippen LogP contribution in [0.3, 0.4) is 0 Å². The van der Waals surface area contributed by atoms with Gasteiger partial charge in [-0.05, 0) is 54.3 Å². The van der Waals surface area contributed by atoms with Crippen LogP contribution >= 0.6 is 0 Å². The van der Waals surface area contributed by atoms with Crippen LogP contribution in [0.4, 0.5) is 17.3 Å². The van der Waals surface area contributed by atoms with Crippen molar-refractivity contribution in [1.29, 1.82) is 0 Å². The molecule has 0 fully saturated rings. The fourth-order valence-corrected chi connectivity index (χ4v) is 2.70. The van der Waals surface area contributed by atoms with Crippen LogP contribution in [-0.4, -0.2) is 22.5 Å². The van der Waals surface area contributed by atoms with E-state index in [9.17, 15) is 4.79 Å². The van der Waals surface area contributed by atoms with Crippen molar-refractivity contribution in [3.05, 3.63) is 72.1 Å². The van der Waals surface area contributed by atoms with E-state index in [0.717, 1.165) is 11.4 Å². The van der Waals surface area contributed by atoms with E-state index in [2.05, 4.69) is 53.5 Å². The number of nitrogens with zero attached hydrogens (tertiary/aromatic N) is 2. The van der Waals surface area contributed by atoms with Gasteiger partial charge in [-0.3, -0.25) is 4.79 Å². The molecule has 0 saturated carbocycles. The van der Waals surface area contributed by atoms with Gasteiger partial charge in [-0.15, -0.1) is 0 Å². The Bertz CT molecular complexity index is 944. The smallest absolute Gasteiger partial charge is 0.258 e. The Morgan fingerprint density at radius 3 is 2.07 bits per heavy atom. The van der Waals surface area contributed by atoms with Gasteiger partial charge in [0, 0.05) is 23.8 Å². The van der Waals surface area contributed by atoms with Crippen molar-refractivity contribution in [2.24, 2.45) is 0 Å². The van der Waals surface area contributed by atoms with Crippen LogP contribution in [-0.2, 0) is 5.41 Å². The van der Waals surface area contributed by atoms with Crippen LogP contribution in [0.2, 0.25) is 0 Å². The number of anilines is 3. The first kappa shape index (κ1) is 20.3. The molecule has 3 aromatic rings. The van der Waals surface area contributed by atoms with Gasteiger partial charge in [0.25, 0.3) is 5.91 Å². The number of rotatable bonds is 6. The van der Waals surface area contributed by atoms with Gasteiger partial charge in [0.15, 0.2) is 0 Å². The van der Waals surface area contributed by atoms with E-state index in [-0.39, 0.29) is 11.3 Å². The summed E-state index contributed by atoms with van der Waals surface area (Å²) in [5.41, 5.74) is 3.31. The lowest BCUT2D eigenvalue weighted by atomic mass is 9.87. The summed E-state index contributed by atoms with van der Waals surface area (Å²) in [5.74, 6) is 0.932. The highest BCUT2D eigenvalue weighted by molar-refractivity contribution is 6.03. The number of hydrogen-bond donors (Lipinski definition) is 2. The minimum Gasteiger partial charge on any atom is -0.494 e. The summed E-state index contributed by atoms with van der Waals surface area (Å²) in [5, 5.41) is 5.97. The molecule has 0 aliphatic heterocycles. The highest BCUT2D eigenvalue weighted by Crippen LogP contribution is 2.24. The van der Waals surface area contributed by atoms with E-state index in [4.69, 9.17) is 4.74 Å². The average Bonchev–Trinajstić information content (AvgIpc) is 2.70. The second kappa shape index (κ2) is 8.73. The van der Waals surface area contributed by atoms with Gasteiger partial charge >= 0.3 is 0 Å². The van der Waals surface area contributed by atoms with E-state index in [1.54, 1.807) is 12.1 Å². The SMILES string of the molecule is CCOc1ccc(NC(=O)c2cnc(Nc3ccc(C(C)(C)C)cc3)nc2)cc1. The zero-order valence-corrected chi connectivity index (χ0v) is 17.2. The van der Waals surface area contributed by atoms with Crippen LogP contribution in [0.1, 0.15) is 43.6 Å². The Morgan fingerprint density at radius 2 is 1.52 bits per heavy atom. The first-order chi connectivity index (χ1) is 13.8. The Labute approximate surface area is 171 Å². The zero-order valence-electron chi connectivity index (χ0n) is 17.2. The van der Waals surface area contributed by atoms with Crippen molar-refractivity contribution in [2.45, 2.75) is 33.1 Å². The minimum atomic E-state index is -0.268. The van der Waals surface area contributed by atoms with E-state index < -0.39 is 0 Å². The molecule has 0 radical (unpaired) electrons. The molecule has 0 saturated heterocycles. The van der Waals surface area contributed by atoms with Gasteiger partial charge in [-0.25, -0.2) is 9.97 Å². The standard InChI is InChI=1S/C23H26N4O2/c1-5-29-20-12-10-18(11-13-20)26-21(28)16-14-24-22(25-15-16)27-19-8-6-17(7-9-19)23(2,3)4/h6-15H,5H2,1-4H3,(H,26,28)(H,24,25,27). The maximum atomic E-state index is 12.4. The maximum Gasteiger partial charge on any atom is 0.258 e. The van der Waals surface area contributed by atoms with Gasteiger partial charge in [0.1, 0.15) is 5.75 Å². The van der Waals surface area contributed by atoms with Crippen LogP contribution in [0.5, 0.6) is 5.75 Å². The summed E-state index contributed by atoms with van der Waals surface area (Å²) in [6, 6.07) is 15.4. The lowest BCUT2D eigenvalue weighted by molar-refractivity contribution is 0.102. The summed E-state index contributed by atoms with van der Waals surface area (Å²) < 4.78 is 5.40. The topological polar surface area (TPSA) is 76.1 Å². The molecule has 150 valence electrons. The summed E-state index contributed by atoms with van der Waals surface area (Å²) in [7, 11) is 0. The lowest BCUT2D eigenvalue weighted by Gasteiger charge is -2.19. The van der Waals surface area contributed by atoms with Crippen molar-refractivity contribution in [3.8, 4) is 5.75 Å². The molecule has 6 nitrogen and oxygen atoms in total. The summed E-state index contributed by atoms with van der Waals surface area (Å²) in [4.78, 5) is 20.9. The summed E-state index contributed by atoms with van der Waals surface area (Å²) >= 11 is 0. The lowest BCUT2D eigenvalue weighted by Crippen LogP contribution is -2.13. The normalized spacial score (nSPS) is 11.0. The first-order valence-corrected chi connectivity index (χ1v) is 9.59. The van der Waals surface area contributed by atoms with Crippen LogP contribution in [0.15, 0.2) is 60.9 Å². The Balaban J connectivity index is 1.61. The van der Waals surface area contributed by atoms with Crippen LogP contribution in [0.25, 0.3) is 0 Å². The molecule has 0 aliphatic carbocycles. The minimum absolute atomic E-state index is 0.105. The molecule has 2 N–H and O–H groups in total. The Kier molecular flexibility index (Phi) is 6.12.